The minimum Gasteiger partial charge on any atom is -0.444 e. The Morgan fingerprint density at radius 1 is 1.18 bits per heavy atom. The van der Waals surface area contributed by atoms with Gasteiger partial charge in [-0.05, 0) is 65.7 Å². The molecule has 2 amide bonds. The first-order valence-corrected chi connectivity index (χ1v) is 7.49. The van der Waals surface area contributed by atoms with Crippen LogP contribution in [0.3, 0.4) is 0 Å². The maximum Gasteiger partial charge on any atom is 0.412 e. The molecule has 2 rings (SSSR count). The number of halogens is 1. The van der Waals surface area contributed by atoms with Crippen molar-refractivity contribution in [3.63, 3.8) is 0 Å². The Hall–Kier alpha value is -2.08. The summed E-state index contributed by atoms with van der Waals surface area (Å²) in [5, 5.41) is 4.39. The summed E-state index contributed by atoms with van der Waals surface area (Å²) in [6.07, 6.45) is -0.543. The van der Waals surface area contributed by atoms with Crippen molar-refractivity contribution in [2.75, 3.05) is 5.32 Å². The lowest BCUT2D eigenvalue weighted by Gasteiger charge is -2.20. The first-order chi connectivity index (χ1) is 10.2. The number of nitrogens with one attached hydrogen (secondary N) is 1. The van der Waals surface area contributed by atoms with Crippen molar-refractivity contribution in [3.05, 3.63) is 40.4 Å². The fourth-order valence-corrected chi connectivity index (χ4v) is 2.52. The van der Waals surface area contributed by atoms with Gasteiger partial charge in [-0.2, -0.15) is 0 Å². The number of amides is 2. The average molecular weight is 365 g/mol. The van der Waals surface area contributed by atoms with Gasteiger partial charge in [0, 0.05) is 10.0 Å². The highest BCUT2D eigenvalue weighted by molar-refractivity contribution is 9.10. The number of nitrogens with two attached hydrogens (primary N) is 1. The Bertz CT molecular complexity index is 751. The van der Waals surface area contributed by atoms with Crippen molar-refractivity contribution < 1.29 is 14.3 Å². The van der Waals surface area contributed by atoms with Crippen molar-refractivity contribution in [3.8, 4) is 0 Å². The van der Waals surface area contributed by atoms with Gasteiger partial charge in [-0.3, -0.25) is 10.1 Å². The van der Waals surface area contributed by atoms with Crippen LogP contribution >= 0.6 is 15.9 Å². The molecular formula is C16H17BrN2O3. The van der Waals surface area contributed by atoms with Gasteiger partial charge in [-0.25, -0.2) is 4.79 Å². The normalized spacial score (nSPS) is 11.3. The summed E-state index contributed by atoms with van der Waals surface area (Å²) < 4.78 is 5.89. The number of anilines is 1. The monoisotopic (exact) mass is 364 g/mol. The molecule has 0 atom stereocenters. The molecule has 0 radical (unpaired) electrons. The third-order valence-corrected chi connectivity index (χ3v) is 3.73. The van der Waals surface area contributed by atoms with Crippen molar-refractivity contribution >= 4 is 44.4 Å². The smallest absolute Gasteiger partial charge is 0.412 e. The summed E-state index contributed by atoms with van der Waals surface area (Å²) in [6.45, 7) is 5.38. The van der Waals surface area contributed by atoms with E-state index in [0.717, 1.165) is 10.8 Å². The number of primary amides is 1. The fourth-order valence-electron chi connectivity index (χ4n) is 1.95. The van der Waals surface area contributed by atoms with Crippen molar-refractivity contribution in [1.82, 2.24) is 0 Å². The van der Waals surface area contributed by atoms with E-state index in [1.165, 1.54) is 0 Å². The van der Waals surface area contributed by atoms with E-state index >= 15 is 0 Å². The predicted molar refractivity (Wildman–Crippen MR) is 90.0 cm³/mol. The second-order valence-electron chi connectivity index (χ2n) is 5.85. The van der Waals surface area contributed by atoms with Gasteiger partial charge in [0.05, 0.1) is 5.69 Å². The number of hydrogen-bond acceptors (Lipinski definition) is 3. The molecular weight excluding hydrogens is 348 g/mol. The van der Waals surface area contributed by atoms with E-state index in [0.29, 0.717) is 15.7 Å². The van der Waals surface area contributed by atoms with Crippen LogP contribution in [-0.2, 0) is 4.74 Å². The van der Waals surface area contributed by atoms with E-state index in [2.05, 4.69) is 21.2 Å². The summed E-state index contributed by atoms with van der Waals surface area (Å²) in [7, 11) is 0. The third kappa shape index (κ3) is 3.76. The van der Waals surface area contributed by atoms with Gasteiger partial charge in [-0.15, -0.1) is 0 Å². The van der Waals surface area contributed by atoms with Gasteiger partial charge in [0.25, 0.3) is 0 Å². The molecule has 0 unspecified atom stereocenters. The molecule has 116 valence electrons. The Kier molecular flexibility index (Phi) is 4.42. The molecule has 22 heavy (non-hydrogen) atoms. The summed E-state index contributed by atoms with van der Waals surface area (Å²) in [6, 6.07) is 8.76. The molecule has 0 aliphatic rings. The van der Waals surface area contributed by atoms with E-state index in [9.17, 15) is 9.59 Å². The molecule has 6 heteroatoms. The second kappa shape index (κ2) is 5.96. The number of rotatable bonds is 2. The maximum absolute atomic E-state index is 11.9. The van der Waals surface area contributed by atoms with E-state index in [1.807, 2.05) is 6.07 Å². The summed E-state index contributed by atoms with van der Waals surface area (Å²) >= 11 is 3.45. The summed E-state index contributed by atoms with van der Waals surface area (Å²) in [4.78, 5) is 23.2. The fraction of sp³-hybridized carbons (Fsp3) is 0.250. The standard InChI is InChI=1S/C16H17BrN2O3/c1-16(2,3)22-15(21)19-12-7-6-9-4-5-10(14(18)20)8-11(9)13(12)17/h4-8H,1-3H3,(H2,18,20)(H,19,21). The van der Waals surface area contributed by atoms with Crippen LogP contribution in [0.1, 0.15) is 31.1 Å². The van der Waals surface area contributed by atoms with Crippen LogP contribution in [-0.4, -0.2) is 17.6 Å². The van der Waals surface area contributed by atoms with Crippen molar-refractivity contribution in [1.29, 1.82) is 0 Å². The number of fused-ring (bicyclic) bond motifs is 1. The molecule has 0 heterocycles. The Balaban J connectivity index is 2.37. The van der Waals surface area contributed by atoms with Crippen LogP contribution in [0.2, 0.25) is 0 Å². The zero-order valence-electron chi connectivity index (χ0n) is 12.6. The largest absolute Gasteiger partial charge is 0.444 e. The molecule has 0 saturated carbocycles. The molecule has 2 aromatic rings. The SMILES string of the molecule is CC(C)(C)OC(=O)Nc1ccc2ccc(C(N)=O)cc2c1Br. The lowest BCUT2D eigenvalue weighted by atomic mass is 10.1. The van der Waals surface area contributed by atoms with Crippen LogP contribution in [0.5, 0.6) is 0 Å². The zero-order valence-corrected chi connectivity index (χ0v) is 14.2. The van der Waals surface area contributed by atoms with Gasteiger partial charge in [-0.1, -0.05) is 12.1 Å². The minimum absolute atomic E-state index is 0.405. The number of carbonyl (C=O) groups is 2. The highest BCUT2D eigenvalue weighted by atomic mass is 79.9. The number of ether oxygens (including phenoxy) is 1. The zero-order chi connectivity index (χ0) is 16.5. The Morgan fingerprint density at radius 2 is 1.82 bits per heavy atom. The third-order valence-electron chi connectivity index (χ3n) is 2.88. The molecule has 0 saturated heterocycles. The molecule has 0 aliphatic heterocycles. The van der Waals surface area contributed by atoms with Gasteiger partial charge in [0.2, 0.25) is 5.91 Å². The average Bonchev–Trinajstić information content (AvgIpc) is 2.39. The van der Waals surface area contributed by atoms with Gasteiger partial charge in [0.1, 0.15) is 5.60 Å². The lowest BCUT2D eigenvalue weighted by Crippen LogP contribution is -2.27. The van der Waals surface area contributed by atoms with E-state index in [-0.39, 0.29) is 0 Å². The highest BCUT2D eigenvalue weighted by Gasteiger charge is 2.17. The van der Waals surface area contributed by atoms with Crippen LogP contribution in [0.4, 0.5) is 10.5 Å². The quantitative estimate of drug-likeness (QED) is 0.843. The predicted octanol–water partition coefficient (Wildman–Crippen LogP) is 4.05. The Morgan fingerprint density at radius 3 is 2.41 bits per heavy atom. The highest BCUT2D eigenvalue weighted by Crippen LogP contribution is 2.32. The van der Waals surface area contributed by atoms with Gasteiger partial charge in [0.15, 0.2) is 0 Å². The molecule has 2 aromatic carbocycles. The number of hydrogen-bond donors (Lipinski definition) is 2. The van der Waals surface area contributed by atoms with Gasteiger partial charge >= 0.3 is 6.09 Å². The number of carbonyl (C=O) groups excluding carboxylic acids is 2. The van der Waals surface area contributed by atoms with Gasteiger partial charge < -0.3 is 10.5 Å². The van der Waals surface area contributed by atoms with Crippen LogP contribution in [0, 0.1) is 0 Å². The first-order valence-electron chi connectivity index (χ1n) is 6.69. The summed E-state index contributed by atoms with van der Waals surface area (Å²) in [5.74, 6) is -0.501. The molecule has 0 spiro atoms. The van der Waals surface area contributed by atoms with Crippen molar-refractivity contribution in [2.45, 2.75) is 26.4 Å². The Labute approximate surface area is 136 Å². The molecule has 0 bridgehead atoms. The first kappa shape index (κ1) is 16.3. The van der Waals surface area contributed by atoms with Crippen LogP contribution < -0.4 is 11.1 Å². The molecule has 0 fully saturated rings. The second-order valence-corrected chi connectivity index (χ2v) is 6.65. The topological polar surface area (TPSA) is 81.4 Å². The van der Waals surface area contributed by atoms with Crippen LogP contribution in [0.25, 0.3) is 10.8 Å². The van der Waals surface area contributed by atoms with Crippen molar-refractivity contribution in [2.24, 2.45) is 5.73 Å². The van der Waals surface area contributed by atoms with Crippen LogP contribution in [0.15, 0.2) is 34.8 Å². The maximum atomic E-state index is 11.9. The summed E-state index contributed by atoms with van der Waals surface area (Å²) in [5.41, 5.74) is 5.69. The van der Waals surface area contributed by atoms with E-state index in [1.54, 1.807) is 45.0 Å². The van der Waals surface area contributed by atoms with E-state index < -0.39 is 17.6 Å². The lowest BCUT2D eigenvalue weighted by molar-refractivity contribution is 0.0635. The van der Waals surface area contributed by atoms with E-state index in [4.69, 9.17) is 10.5 Å². The number of benzene rings is 2. The molecule has 5 nitrogen and oxygen atoms in total. The molecule has 3 N–H and O–H groups in total. The molecule has 0 aliphatic carbocycles. The molecule has 0 aromatic heterocycles. The minimum atomic E-state index is -0.577.